The molecule has 0 amide bonds. The quantitative estimate of drug-likeness (QED) is 0.408. The van der Waals surface area contributed by atoms with Crippen molar-refractivity contribution in [2.75, 3.05) is 0 Å². The molecule has 2 aliphatic rings. The average Bonchev–Trinajstić information content (AvgIpc) is 3.20. The smallest absolute Gasteiger partial charge is 1.00 e. The minimum Gasteiger partial charge on any atom is -1.00 e. The molecule has 35 heavy (non-hydrogen) atoms. The minimum absolute atomic E-state index is 0. The Morgan fingerprint density at radius 3 is 1.97 bits per heavy atom. The summed E-state index contributed by atoms with van der Waals surface area (Å²) in [5.41, 5.74) is 12.1. The predicted molar refractivity (Wildman–Crippen MR) is 143 cm³/mol. The summed E-state index contributed by atoms with van der Waals surface area (Å²) in [7, 11) is 0. The molecule has 0 fully saturated rings. The van der Waals surface area contributed by atoms with E-state index in [1.807, 2.05) is 3.28 Å². The summed E-state index contributed by atoms with van der Waals surface area (Å²) in [5.74, 6) is 0.643. The third kappa shape index (κ3) is 4.66. The second-order valence-electron chi connectivity index (χ2n) is 10.1. The van der Waals surface area contributed by atoms with Crippen LogP contribution in [0.25, 0.3) is 16.3 Å². The van der Waals surface area contributed by atoms with E-state index in [0.29, 0.717) is 9.54 Å². The molecule has 5 rings (SSSR count). The van der Waals surface area contributed by atoms with Crippen LogP contribution in [0.3, 0.4) is 0 Å². The maximum atomic E-state index is 2.61. The van der Waals surface area contributed by atoms with Crippen molar-refractivity contribution in [3.8, 4) is 0 Å². The van der Waals surface area contributed by atoms with Crippen LogP contribution in [0.1, 0.15) is 54.9 Å². The van der Waals surface area contributed by atoms with Crippen LogP contribution in [0.2, 0.25) is 13.1 Å². The van der Waals surface area contributed by atoms with Gasteiger partial charge in [0.05, 0.1) is 0 Å². The van der Waals surface area contributed by atoms with Crippen LogP contribution >= 0.6 is 0 Å². The van der Waals surface area contributed by atoms with E-state index >= 15 is 0 Å². The molecule has 0 bridgehead atoms. The molecule has 3 aromatic carbocycles. The van der Waals surface area contributed by atoms with Gasteiger partial charge in [-0.2, -0.15) is 0 Å². The second-order valence-corrected chi connectivity index (χ2v) is 27.5. The third-order valence-corrected chi connectivity index (χ3v) is 27.1. The Morgan fingerprint density at radius 1 is 0.714 bits per heavy atom. The maximum Gasteiger partial charge on any atom is -1.00 e. The fourth-order valence-electron chi connectivity index (χ4n) is 6.18. The molecule has 0 saturated carbocycles. The molecular formula is C31H34Cl2SiZr. The van der Waals surface area contributed by atoms with Crippen molar-refractivity contribution < 1.29 is 45.2 Å². The Bertz CT molecular complexity index is 1440. The van der Waals surface area contributed by atoms with Crippen LogP contribution in [-0.2, 0) is 20.4 Å². The molecule has 4 heteroatoms. The van der Waals surface area contributed by atoms with Gasteiger partial charge in [-0.1, -0.05) is 0 Å². The van der Waals surface area contributed by atoms with Crippen molar-refractivity contribution >= 4 is 21.8 Å². The number of fused-ring (bicyclic) bond motifs is 2. The maximum absolute atomic E-state index is 2.61. The van der Waals surface area contributed by atoms with Crippen LogP contribution in [0.4, 0.5) is 0 Å². The van der Waals surface area contributed by atoms with Crippen LogP contribution in [0, 0.1) is 5.92 Å². The molecule has 0 spiro atoms. The Kier molecular flexibility index (Phi) is 8.97. The number of halogens is 2. The summed E-state index contributed by atoms with van der Waals surface area (Å²) in [6, 6.07) is 25.2. The average molecular weight is 597 g/mol. The minimum atomic E-state index is -1.99. The number of allylic oxidation sites excluding steroid dienone is 5. The van der Waals surface area contributed by atoms with Gasteiger partial charge in [0, 0.05) is 0 Å². The van der Waals surface area contributed by atoms with Gasteiger partial charge in [-0.25, -0.2) is 0 Å². The summed E-state index contributed by atoms with van der Waals surface area (Å²) in [4.78, 5) is 0. The first-order valence-corrected chi connectivity index (χ1v) is 21.0. The van der Waals surface area contributed by atoms with Gasteiger partial charge in [0.1, 0.15) is 0 Å². The standard InChI is InChI=1S/C20H15.C9H13.C2H6Si.2ClH.Zr/c1-14-12-17-8-4-5-9-19(17)20(14)18-11-10-15-6-2-3-7-16(15)13-18;1-6-5-7(2)9(4)8(6)3;1-3-2;;;/h2-13H,1H3;6H,1-4H3;1-2H3;2*1H;/q;;;;;+2/p-2. The number of benzene rings is 3. The predicted octanol–water partition coefficient (Wildman–Crippen LogP) is 2.85. The zero-order valence-electron chi connectivity index (χ0n) is 21.8. The summed E-state index contributed by atoms with van der Waals surface area (Å²) >= 11 is -1.99. The van der Waals surface area contributed by atoms with E-state index in [0.717, 1.165) is 0 Å². The molecule has 180 valence electrons. The van der Waals surface area contributed by atoms with Gasteiger partial charge < -0.3 is 24.8 Å². The monoisotopic (exact) mass is 594 g/mol. The van der Waals surface area contributed by atoms with Crippen molar-refractivity contribution in [3.05, 3.63) is 109 Å². The molecule has 0 saturated heterocycles. The van der Waals surface area contributed by atoms with E-state index in [-0.39, 0.29) is 30.2 Å². The largest absolute Gasteiger partial charge is 1.00 e. The van der Waals surface area contributed by atoms with Gasteiger partial charge in [-0.3, -0.25) is 0 Å². The zero-order valence-corrected chi connectivity index (χ0v) is 26.7. The SMILES string of the molecule is CC1=C(C)C(C)[C]([Zr+2]([CH]2C(C)=C(c3ccc4ccccc4c3)c3ccccc32)=[Si](C)C)=C1C.[Cl-].[Cl-]. The topological polar surface area (TPSA) is 0 Å². The second kappa shape index (κ2) is 11.1. The van der Waals surface area contributed by atoms with E-state index in [1.54, 1.807) is 27.9 Å². The third-order valence-electron chi connectivity index (χ3n) is 8.16. The normalized spacial score (nSPS) is 18.8. The first-order chi connectivity index (χ1) is 15.8. The Hall–Kier alpha value is -1.18. The van der Waals surface area contributed by atoms with E-state index in [9.17, 15) is 0 Å². The molecule has 0 nitrogen and oxygen atoms in total. The first kappa shape index (κ1) is 28.4. The van der Waals surface area contributed by atoms with Crippen molar-refractivity contribution in [1.82, 2.24) is 0 Å². The number of rotatable bonds is 3. The van der Waals surface area contributed by atoms with Gasteiger partial charge in [-0.05, 0) is 0 Å². The molecule has 0 aliphatic heterocycles. The molecule has 2 atom stereocenters. The molecule has 0 N–H and O–H groups in total. The van der Waals surface area contributed by atoms with Gasteiger partial charge in [0.25, 0.3) is 0 Å². The molecular weight excluding hydrogens is 563 g/mol. The van der Waals surface area contributed by atoms with E-state index < -0.39 is 20.4 Å². The number of hydrogen-bond donors (Lipinski definition) is 0. The van der Waals surface area contributed by atoms with Crippen molar-refractivity contribution in [1.29, 1.82) is 0 Å². The van der Waals surface area contributed by atoms with E-state index in [1.165, 1.54) is 27.5 Å². The molecule has 0 heterocycles. The van der Waals surface area contributed by atoms with Gasteiger partial charge >= 0.3 is 208 Å². The van der Waals surface area contributed by atoms with Crippen molar-refractivity contribution in [2.45, 2.75) is 51.3 Å². The van der Waals surface area contributed by atoms with Crippen LogP contribution in [-0.4, -0.2) is 5.43 Å². The number of hydrogen-bond acceptors (Lipinski definition) is 0. The van der Waals surface area contributed by atoms with Crippen LogP contribution < -0.4 is 24.8 Å². The van der Waals surface area contributed by atoms with E-state index in [4.69, 9.17) is 0 Å². The molecule has 2 aliphatic carbocycles. The molecule has 0 radical (unpaired) electrons. The van der Waals surface area contributed by atoms with Crippen molar-refractivity contribution in [3.63, 3.8) is 0 Å². The first-order valence-electron chi connectivity index (χ1n) is 12.2. The Labute approximate surface area is 231 Å². The van der Waals surface area contributed by atoms with Gasteiger partial charge in [0.2, 0.25) is 0 Å². The van der Waals surface area contributed by atoms with E-state index in [2.05, 4.69) is 114 Å². The van der Waals surface area contributed by atoms with Crippen LogP contribution in [0.5, 0.6) is 0 Å². The summed E-state index contributed by atoms with van der Waals surface area (Å²) in [6.07, 6.45) is 0. The fourth-order valence-corrected chi connectivity index (χ4v) is 26.8. The molecule has 3 aromatic rings. The molecule has 0 aromatic heterocycles. The Balaban J connectivity index is 0.00000171. The van der Waals surface area contributed by atoms with Crippen LogP contribution in [0.15, 0.2) is 92.3 Å². The summed E-state index contributed by atoms with van der Waals surface area (Å²) in [6.45, 7) is 17.3. The fraction of sp³-hybridized carbons (Fsp3) is 0.290. The molecule has 2 unspecified atom stereocenters. The van der Waals surface area contributed by atoms with Crippen molar-refractivity contribution in [2.24, 2.45) is 5.92 Å². The summed E-state index contributed by atoms with van der Waals surface area (Å²) in [5, 5.41) is 2.66. The Morgan fingerprint density at radius 2 is 1.34 bits per heavy atom. The summed E-state index contributed by atoms with van der Waals surface area (Å²) < 4.78 is 2.57. The zero-order chi connectivity index (χ0) is 23.4. The van der Waals surface area contributed by atoms with Gasteiger partial charge in [-0.15, -0.1) is 0 Å². The van der Waals surface area contributed by atoms with Gasteiger partial charge in [0.15, 0.2) is 0 Å².